The van der Waals surface area contributed by atoms with Crippen LogP contribution in [0.5, 0.6) is 0 Å². The van der Waals surface area contributed by atoms with Crippen LogP contribution in [0.3, 0.4) is 0 Å². The summed E-state index contributed by atoms with van der Waals surface area (Å²) in [5, 5.41) is 0. The molecule has 2 aromatic rings. The van der Waals surface area contributed by atoms with Crippen LogP contribution in [0.1, 0.15) is 28.5 Å². The molecule has 3 rings (SSSR count). The van der Waals surface area contributed by atoms with E-state index in [1.807, 2.05) is 13.0 Å². The highest BCUT2D eigenvalue weighted by Gasteiger charge is 2.32. The smallest absolute Gasteiger partial charge is 0.338 e. The van der Waals surface area contributed by atoms with Crippen LogP contribution in [-0.4, -0.2) is 31.7 Å². The first-order chi connectivity index (χ1) is 11.4. The molecule has 6 nitrogen and oxygen atoms in total. The minimum Gasteiger partial charge on any atom is -0.456 e. The zero-order valence-electron chi connectivity index (χ0n) is 13.5. The fourth-order valence-electron chi connectivity index (χ4n) is 2.94. The predicted octanol–water partition coefficient (Wildman–Crippen LogP) is 2.15. The van der Waals surface area contributed by atoms with Gasteiger partial charge in [0, 0.05) is 12.2 Å². The number of sulfonamides is 1. The Balaban J connectivity index is 1.77. The lowest BCUT2D eigenvalue weighted by Gasteiger charge is -2.21. The number of hydrogen-bond acceptors (Lipinski definition) is 5. The van der Waals surface area contributed by atoms with Crippen molar-refractivity contribution in [1.29, 1.82) is 0 Å². The summed E-state index contributed by atoms with van der Waals surface area (Å²) in [6, 6.07) is 10.2. The van der Waals surface area contributed by atoms with Gasteiger partial charge in [-0.05, 0) is 49.2 Å². The Labute approximate surface area is 141 Å². The molecule has 1 aliphatic heterocycles. The number of anilines is 1. The Morgan fingerprint density at radius 1 is 1.33 bits per heavy atom. The number of carbonyl (C=O) groups is 1. The second kappa shape index (κ2) is 6.24. The molecule has 0 saturated carbocycles. The van der Waals surface area contributed by atoms with E-state index < -0.39 is 16.0 Å². The van der Waals surface area contributed by atoms with Gasteiger partial charge < -0.3 is 4.74 Å². The SMILES string of the molecule is CC1Cc2cc(C(=O)OCc3ccccn3)ccc2N1S(C)(=O)=O. The van der Waals surface area contributed by atoms with Crippen LogP contribution in [0.2, 0.25) is 0 Å². The van der Waals surface area contributed by atoms with Gasteiger partial charge in [0.05, 0.1) is 23.2 Å². The fraction of sp³-hybridized carbons (Fsp3) is 0.294. The van der Waals surface area contributed by atoms with Crippen LogP contribution in [0.4, 0.5) is 5.69 Å². The Hall–Kier alpha value is -2.41. The van der Waals surface area contributed by atoms with Crippen LogP contribution in [-0.2, 0) is 27.8 Å². The molecule has 0 amide bonds. The van der Waals surface area contributed by atoms with E-state index in [4.69, 9.17) is 4.74 Å². The van der Waals surface area contributed by atoms with Crippen molar-refractivity contribution in [2.45, 2.75) is 26.0 Å². The highest BCUT2D eigenvalue weighted by molar-refractivity contribution is 7.92. The molecular formula is C17H18N2O4S. The lowest BCUT2D eigenvalue weighted by molar-refractivity contribution is 0.0467. The van der Waals surface area contributed by atoms with E-state index in [9.17, 15) is 13.2 Å². The first-order valence-corrected chi connectivity index (χ1v) is 9.40. The van der Waals surface area contributed by atoms with Gasteiger partial charge in [-0.15, -0.1) is 0 Å². The zero-order valence-corrected chi connectivity index (χ0v) is 14.3. The van der Waals surface area contributed by atoms with Gasteiger partial charge in [-0.25, -0.2) is 13.2 Å². The molecular weight excluding hydrogens is 328 g/mol. The topological polar surface area (TPSA) is 76.6 Å². The van der Waals surface area contributed by atoms with Gasteiger partial charge in [-0.2, -0.15) is 0 Å². The van der Waals surface area contributed by atoms with E-state index in [2.05, 4.69) is 4.98 Å². The van der Waals surface area contributed by atoms with Gasteiger partial charge in [0.2, 0.25) is 10.0 Å². The minimum atomic E-state index is -3.34. The molecule has 1 atom stereocenters. The average molecular weight is 346 g/mol. The third-order valence-electron chi connectivity index (χ3n) is 3.90. The van der Waals surface area contributed by atoms with Crippen molar-refractivity contribution in [3.05, 3.63) is 59.4 Å². The van der Waals surface area contributed by atoms with E-state index in [1.165, 1.54) is 10.6 Å². The zero-order chi connectivity index (χ0) is 17.3. The molecule has 0 spiro atoms. The predicted molar refractivity (Wildman–Crippen MR) is 90.3 cm³/mol. The van der Waals surface area contributed by atoms with Gasteiger partial charge in [-0.3, -0.25) is 9.29 Å². The van der Waals surface area contributed by atoms with Gasteiger partial charge >= 0.3 is 5.97 Å². The Bertz CT molecular complexity index is 865. The summed E-state index contributed by atoms with van der Waals surface area (Å²) in [6.07, 6.45) is 3.40. The molecule has 1 aromatic heterocycles. The van der Waals surface area contributed by atoms with Crippen molar-refractivity contribution >= 4 is 21.7 Å². The number of rotatable bonds is 4. The van der Waals surface area contributed by atoms with E-state index >= 15 is 0 Å². The quantitative estimate of drug-likeness (QED) is 0.793. The first kappa shape index (κ1) is 16.4. The summed E-state index contributed by atoms with van der Waals surface area (Å²) in [7, 11) is -3.34. The summed E-state index contributed by atoms with van der Waals surface area (Å²) in [5.74, 6) is -0.450. The molecule has 0 bridgehead atoms. The van der Waals surface area contributed by atoms with Gasteiger partial charge in [0.1, 0.15) is 6.61 Å². The van der Waals surface area contributed by atoms with E-state index in [0.717, 1.165) is 5.56 Å². The lowest BCUT2D eigenvalue weighted by Crippen LogP contribution is -2.34. The van der Waals surface area contributed by atoms with Crippen molar-refractivity contribution in [2.75, 3.05) is 10.6 Å². The van der Waals surface area contributed by atoms with Crippen molar-refractivity contribution < 1.29 is 17.9 Å². The number of fused-ring (bicyclic) bond motifs is 1. The Morgan fingerprint density at radius 3 is 2.79 bits per heavy atom. The van der Waals surface area contributed by atoms with Gasteiger partial charge in [0.25, 0.3) is 0 Å². The monoisotopic (exact) mass is 346 g/mol. The molecule has 126 valence electrons. The van der Waals surface area contributed by atoms with Crippen molar-refractivity contribution in [1.82, 2.24) is 4.98 Å². The van der Waals surface area contributed by atoms with E-state index in [0.29, 0.717) is 23.4 Å². The lowest BCUT2D eigenvalue weighted by atomic mass is 10.1. The third-order valence-corrected chi connectivity index (χ3v) is 5.17. The first-order valence-electron chi connectivity index (χ1n) is 7.55. The van der Waals surface area contributed by atoms with Crippen LogP contribution < -0.4 is 4.31 Å². The normalized spacial score (nSPS) is 16.8. The maximum absolute atomic E-state index is 12.2. The molecule has 0 radical (unpaired) electrons. The Morgan fingerprint density at radius 2 is 2.12 bits per heavy atom. The largest absolute Gasteiger partial charge is 0.456 e. The van der Waals surface area contributed by atoms with Crippen molar-refractivity contribution in [3.8, 4) is 0 Å². The molecule has 1 unspecified atom stereocenters. The number of benzene rings is 1. The summed E-state index contributed by atoms with van der Waals surface area (Å²) in [4.78, 5) is 16.3. The number of esters is 1. The molecule has 0 aliphatic carbocycles. The number of hydrogen-bond donors (Lipinski definition) is 0. The summed E-state index contributed by atoms with van der Waals surface area (Å²) >= 11 is 0. The number of nitrogens with zero attached hydrogens (tertiary/aromatic N) is 2. The molecule has 0 saturated heterocycles. The molecule has 24 heavy (non-hydrogen) atoms. The third kappa shape index (κ3) is 3.26. The maximum Gasteiger partial charge on any atom is 0.338 e. The van der Waals surface area contributed by atoms with E-state index in [1.54, 1.807) is 36.5 Å². The standard InChI is InChI=1S/C17H18N2O4S/c1-12-9-14-10-13(6-7-16(14)19(12)24(2,21)22)17(20)23-11-15-5-3-4-8-18-15/h3-8,10,12H,9,11H2,1-2H3. The van der Waals surface area contributed by atoms with Gasteiger partial charge in [-0.1, -0.05) is 6.07 Å². The van der Waals surface area contributed by atoms with Gasteiger partial charge in [0.15, 0.2) is 0 Å². The second-order valence-corrected chi connectivity index (χ2v) is 7.71. The Kier molecular flexibility index (Phi) is 4.28. The van der Waals surface area contributed by atoms with Crippen molar-refractivity contribution in [3.63, 3.8) is 0 Å². The van der Waals surface area contributed by atoms with E-state index in [-0.39, 0.29) is 12.6 Å². The van der Waals surface area contributed by atoms with Crippen LogP contribution in [0.25, 0.3) is 0 Å². The number of pyridine rings is 1. The number of ether oxygens (including phenoxy) is 1. The maximum atomic E-state index is 12.2. The fourth-order valence-corrected chi connectivity index (χ4v) is 4.21. The van der Waals surface area contributed by atoms with Crippen LogP contribution in [0.15, 0.2) is 42.6 Å². The molecule has 1 aromatic carbocycles. The highest BCUT2D eigenvalue weighted by atomic mass is 32.2. The van der Waals surface area contributed by atoms with Crippen LogP contribution >= 0.6 is 0 Å². The molecule has 0 N–H and O–H groups in total. The molecule has 2 heterocycles. The molecule has 7 heteroatoms. The molecule has 0 fully saturated rings. The summed E-state index contributed by atoms with van der Waals surface area (Å²) < 4.78 is 30.5. The minimum absolute atomic E-state index is 0.0998. The summed E-state index contributed by atoms with van der Waals surface area (Å²) in [5.41, 5.74) is 2.54. The summed E-state index contributed by atoms with van der Waals surface area (Å²) in [6.45, 7) is 1.95. The molecule has 1 aliphatic rings. The highest BCUT2D eigenvalue weighted by Crippen LogP contribution is 2.34. The number of aromatic nitrogens is 1. The van der Waals surface area contributed by atoms with Crippen LogP contribution in [0, 0.1) is 0 Å². The average Bonchev–Trinajstić information content (AvgIpc) is 2.88. The number of carbonyl (C=O) groups excluding carboxylic acids is 1. The second-order valence-electron chi connectivity index (χ2n) is 5.85. The van der Waals surface area contributed by atoms with Crippen molar-refractivity contribution in [2.24, 2.45) is 0 Å².